The molecule has 0 aliphatic carbocycles. The zero-order valence-electron chi connectivity index (χ0n) is 7.73. The minimum absolute atomic E-state index is 0.0950. The van der Waals surface area contributed by atoms with Gasteiger partial charge in [-0.1, -0.05) is 4.85 Å². The van der Waals surface area contributed by atoms with Crippen LogP contribution in [0.15, 0.2) is 24.4 Å². The number of nitro groups is 1. The number of fused-ring (bicyclic) bond motifs is 1. The summed E-state index contributed by atoms with van der Waals surface area (Å²) in [5, 5.41) is 22.9. The first-order valence-corrected chi connectivity index (χ1v) is 4.11. The first-order chi connectivity index (χ1) is 7.58. The molecule has 0 fully saturated rings. The molecule has 8 nitrogen and oxygen atoms in total. The zero-order chi connectivity index (χ0) is 11.7. The second kappa shape index (κ2) is 3.50. The smallest absolute Gasteiger partial charge is 0.448 e. The van der Waals surface area contributed by atoms with Crippen LogP contribution in [-0.4, -0.2) is 26.1 Å². The van der Waals surface area contributed by atoms with Crippen molar-refractivity contribution in [3.63, 3.8) is 0 Å². The normalized spacial score (nSPS) is 10.2. The number of nitro benzene ring substituents is 1. The lowest BCUT2D eigenvalue weighted by Gasteiger charge is -1.98. The predicted octanol–water partition coefficient (Wildman–Crippen LogP) is 1.05. The lowest BCUT2D eigenvalue weighted by molar-refractivity contribution is -0.384. The van der Waals surface area contributed by atoms with Gasteiger partial charge in [0.25, 0.3) is 5.69 Å². The van der Waals surface area contributed by atoms with Crippen LogP contribution < -0.4 is 4.84 Å². The van der Waals surface area contributed by atoms with Crippen molar-refractivity contribution in [2.75, 3.05) is 0 Å². The van der Waals surface area contributed by atoms with Crippen LogP contribution in [0.25, 0.3) is 10.9 Å². The van der Waals surface area contributed by atoms with Gasteiger partial charge in [0.1, 0.15) is 5.52 Å². The van der Waals surface area contributed by atoms with Gasteiger partial charge in [-0.3, -0.25) is 15.0 Å². The van der Waals surface area contributed by atoms with E-state index in [9.17, 15) is 14.9 Å². The van der Waals surface area contributed by atoms with Crippen LogP contribution in [-0.2, 0) is 0 Å². The SMILES string of the molecule is O=C(O)On1ncc2cc([N+](=O)[O-])ccc21. The number of nitrogens with zero attached hydrogens (tertiary/aromatic N) is 3. The lowest BCUT2D eigenvalue weighted by atomic mass is 10.2. The standard InChI is InChI=1S/C8H5N3O5/c12-8(13)16-10-7-2-1-6(11(14)15)3-5(7)4-9-10/h1-4H,(H,12,13). The summed E-state index contributed by atoms with van der Waals surface area (Å²) in [7, 11) is 0. The topological polar surface area (TPSA) is 107 Å². The molecule has 82 valence electrons. The van der Waals surface area contributed by atoms with Crippen LogP contribution in [0.1, 0.15) is 0 Å². The summed E-state index contributed by atoms with van der Waals surface area (Å²) >= 11 is 0. The molecule has 0 atom stereocenters. The number of hydrogen-bond acceptors (Lipinski definition) is 5. The van der Waals surface area contributed by atoms with Gasteiger partial charge in [-0.2, -0.15) is 0 Å². The lowest BCUT2D eigenvalue weighted by Crippen LogP contribution is -2.18. The molecular formula is C8H5N3O5. The van der Waals surface area contributed by atoms with E-state index in [1.807, 2.05) is 0 Å². The molecule has 0 saturated carbocycles. The van der Waals surface area contributed by atoms with Crippen LogP contribution in [0.4, 0.5) is 10.5 Å². The van der Waals surface area contributed by atoms with Gasteiger partial charge < -0.3 is 5.11 Å². The molecule has 1 heterocycles. The average Bonchev–Trinajstić information content (AvgIpc) is 2.60. The quantitative estimate of drug-likeness (QED) is 0.602. The summed E-state index contributed by atoms with van der Waals surface area (Å²) < 4.78 is 0. The number of carbonyl (C=O) groups is 1. The third kappa shape index (κ3) is 1.63. The minimum Gasteiger partial charge on any atom is -0.448 e. The second-order valence-corrected chi connectivity index (χ2v) is 2.87. The van der Waals surface area contributed by atoms with E-state index in [0.717, 1.165) is 4.85 Å². The number of aromatic nitrogens is 2. The van der Waals surface area contributed by atoms with Gasteiger partial charge in [-0.25, -0.2) is 4.79 Å². The van der Waals surface area contributed by atoms with Crippen LogP contribution in [0.2, 0.25) is 0 Å². The summed E-state index contributed by atoms with van der Waals surface area (Å²) in [5.41, 5.74) is 0.246. The molecule has 1 aromatic carbocycles. The Balaban J connectivity index is 2.50. The number of hydrogen-bond donors (Lipinski definition) is 1. The van der Waals surface area contributed by atoms with Gasteiger partial charge in [-0.15, -0.1) is 5.10 Å². The van der Waals surface area contributed by atoms with Gasteiger partial charge >= 0.3 is 6.16 Å². The Morgan fingerprint density at radius 2 is 2.31 bits per heavy atom. The van der Waals surface area contributed by atoms with E-state index >= 15 is 0 Å². The van der Waals surface area contributed by atoms with Crippen molar-refractivity contribution in [3.05, 3.63) is 34.5 Å². The summed E-state index contributed by atoms with van der Waals surface area (Å²) in [4.78, 5) is 25.3. The Morgan fingerprint density at radius 1 is 1.56 bits per heavy atom. The number of rotatable bonds is 2. The Morgan fingerprint density at radius 3 is 2.94 bits per heavy atom. The summed E-state index contributed by atoms with van der Waals surface area (Å²) in [6, 6.07) is 3.89. The van der Waals surface area contributed by atoms with E-state index in [1.165, 1.54) is 24.4 Å². The molecule has 1 N–H and O–H groups in total. The third-order valence-corrected chi connectivity index (χ3v) is 1.89. The molecule has 2 rings (SSSR count). The monoisotopic (exact) mass is 223 g/mol. The average molecular weight is 223 g/mol. The van der Waals surface area contributed by atoms with Gasteiger partial charge in [0.15, 0.2) is 0 Å². The molecule has 0 spiro atoms. The minimum atomic E-state index is -1.51. The predicted molar refractivity (Wildman–Crippen MR) is 51.0 cm³/mol. The highest BCUT2D eigenvalue weighted by atomic mass is 16.8. The molecule has 8 heteroatoms. The van der Waals surface area contributed by atoms with Gasteiger partial charge in [0, 0.05) is 17.5 Å². The first kappa shape index (κ1) is 9.90. The zero-order valence-corrected chi connectivity index (χ0v) is 7.73. The molecule has 0 aliphatic rings. The Hall–Kier alpha value is -2.64. The van der Waals surface area contributed by atoms with E-state index in [-0.39, 0.29) is 5.69 Å². The van der Waals surface area contributed by atoms with Gasteiger partial charge in [0.05, 0.1) is 11.1 Å². The molecule has 0 amide bonds. The molecular weight excluding hydrogens is 218 g/mol. The number of benzene rings is 1. The molecule has 0 radical (unpaired) electrons. The number of carboxylic acid groups (broad SMARTS) is 1. The van der Waals surface area contributed by atoms with E-state index in [1.54, 1.807) is 0 Å². The number of non-ortho nitro benzene ring substituents is 1. The molecule has 0 bridgehead atoms. The Kier molecular flexibility index (Phi) is 2.16. The fourth-order valence-electron chi connectivity index (χ4n) is 1.26. The second-order valence-electron chi connectivity index (χ2n) is 2.87. The fourth-order valence-corrected chi connectivity index (χ4v) is 1.26. The van der Waals surface area contributed by atoms with Crippen LogP contribution in [0.3, 0.4) is 0 Å². The largest absolute Gasteiger partial charge is 0.532 e. The van der Waals surface area contributed by atoms with E-state index in [2.05, 4.69) is 9.94 Å². The first-order valence-electron chi connectivity index (χ1n) is 4.11. The highest BCUT2D eigenvalue weighted by Crippen LogP contribution is 2.19. The van der Waals surface area contributed by atoms with Crippen molar-refractivity contribution >= 4 is 22.7 Å². The maximum Gasteiger partial charge on any atom is 0.532 e. The van der Waals surface area contributed by atoms with Crippen LogP contribution in [0.5, 0.6) is 0 Å². The van der Waals surface area contributed by atoms with Crippen molar-refractivity contribution in [1.82, 2.24) is 9.94 Å². The molecule has 16 heavy (non-hydrogen) atoms. The van der Waals surface area contributed by atoms with E-state index < -0.39 is 11.1 Å². The van der Waals surface area contributed by atoms with Crippen LogP contribution >= 0.6 is 0 Å². The fraction of sp³-hybridized carbons (Fsp3) is 0. The molecule has 0 unspecified atom stereocenters. The van der Waals surface area contributed by atoms with E-state index in [0.29, 0.717) is 10.9 Å². The van der Waals surface area contributed by atoms with Crippen molar-refractivity contribution < 1.29 is 19.7 Å². The van der Waals surface area contributed by atoms with Crippen molar-refractivity contribution in [3.8, 4) is 0 Å². The third-order valence-electron chi connectivity index (χ3n) is 1.89. The Labute approximate surface area is 87.8 Å². The maximum absolute atomic E-state index is 10.5. The van der Waals surface area contributed by atoms with Crippen LogP contribution in [0, 0.1) is 10.1 Å². The van der Waals surface area contributed by atoms with Crippen molar-refractivity contribution in [2.45, 2.75) is 0 Å². The van der Waals surface area contributed by atoms with Gasteiger partial charge in [0.2, 0.25) is 0 Å². The molecule has 0 saturated heterocycles. The summed E-state index contributed by atoms with van der Waals surface area (Å²) in [6.45, 7) is 0. The highest BCUT2D eigenvalue weighted by molar-refractivity contribution is 5.81. The molecule has 2 aromatic rings. The highest BCUT2D eigenvalue weighted by Gasteiger charge is 2.11. The van der Waals surface area contributed by atoms with Crippen molar-refractivity contribution in [2.24, 2.45) is 0 Å². The summed E-state index contributed by atoms with van der Waals surface area (Å²) in [5.74, 6) is 0. The van der Waals surface area contributed by atoms with E-state index in [4.69, 9.17) is 5.11 Å². The molecule has 0 aliphatic heterocycles. The maximum atomic E-state index is 10.5. The Bertz CT molecular complexity index is 576. The molecule has 1 aromatic heterocycles. The van der Waals surface area contributed by atoms with Gasteiger partial charge in [-0.05, 0) is 6.07 Å². The summed E-state index contributed by atoms with van der Waals surface area (Å²) in [6.07, 6.45) is -0.228. The van der Waals surface area contributed by atoms with Crippen molar-refractivity contribution in [1.29, 1.82) is 0 Å².